The summed E-state index contributed by atoms with van der Waals surface area (Å²) in [6.45, 7) is 6.34. The maximum atomic E-state index is 5.54. The Labute approximate surface area is 128 Å². The van der Waals surface area contributed by atoms with Crippen LogP contribution in [0, 0.1) is 0 Å². The monoisotopic (exact) mass is 291 g/mol. The first-order chi connectivity index (χ1) is 9.99. The fraction of sp³-hybridized carbons (Fsp3) is 0.750. The summed E-state index contributed by atoms with van der Waals surface area (Å²) in [5, 5.41) is 3.59. The van der Waals surface area contributed by atoms with Crippen molar-refractivity contribution in [1.29, 1.82) is 0 Å². The summed E-state index contributed by atoms with van der Waals surface area (Å²) in [7, 11) is 0. The van der Waals surface area contributed by atoms with Crippen molar-refractivity contribution in [3.63, 3.8) is 0 Å². The Balaban J connectivity index is 2.14. The van der Waals surface area contributed by atoms with Crippen molar-refractivity contribution in [2.24, 2.45) is 5.84 Å². The van der Waals surface area contributed by atoms with Gasteiger partial charge in [-0.3, -0.25) is 0 Å². The molecule has 1 aliphatic rings. The van der Waals surface area contributed by atoms with Gasteiger partial charge in [-0.05, 0) is 12.8 Å². The van der Waals surface area contributed by atoms with Gasteiger partial charge in [0.2, 0.25) is 0 Å². The molecule has 5 nitrogen and oxygen atoms in total. The average molecular weight is 291 g/mol. The van der Waals surface area contributed by atoms with Crippen LogP contribution < -0.4 is 16.6 Å². The fourth-order valence-corrected chi connectivity index (χ4v) is 2.74. The topological polar surface area (TPSA) is 75.9 Å². The number of hydrazine groups is 1. The number of nitrogens with zero attached hydrogens (tertiary/aromatic N) is 2. The van der Waals surface area contributed by atoms with Gasteiger partial charge in [0.15, 0.2) is 0 Å². The summed E-state index contributed by atoms with van der Waals surface area (Å²) >= 11 is 0. The summed E-state index contributed by atoms with van der Waals surface area (Å²) in [5.41, 5.74) is 2.56. The first-order valence-corrected chi connectivity index (χ1v) is 8.12. The lowest BCUT2D eigenvalue weighted by atomic mass is 9.95. The number of aromatic nitrogens is 2. The summed E-state index contributed by atoms with van der Waals surface area (Å²) in [4.78, 5) is 9.15. The van der Waals surface area contributed by atoms with Crippen molar-refractivity contribution in [1.82, 2.24) is 9.97 Å². The van der Waals surface area contributed by atoms with E-state index in [1.165, 1.54) is 44.9 Å². The molecule has 0 atom stereocenters. The Morgan fingerprint density at radius 3 is 2.14 bits per heavy atom. The minimum Gasteiger partial charge on any atom is -0.367 e. The maximum Gasteiger partial charge on any atom is 0.145 e. The second kappa shape index (κ2) is 7.07. The molecule has 1 heterocycles. The largest absolute Gasteiger partial charge is 0.367 e. The molecule has 21 heavy (non-hydrogen) atoms. The van der Waals surface area contributed by atoms with E-state index in [4.69, 9.17) is 5.84 Å². The molecule has 0 aliphatic heterocycles. The first-order valence-electron chi connectivity index (χ1n) is 8.12. The van der Waals surface area contributed by atoms with Crippen LogP contribution in [0.4, 0.5) is 11.6 Å². The van der Waals surface area contributed by atoms with E-state index in [-0.39, 0.29) is 5.41 Å². The summed E-state index contributed by atoms with van der Waals surface area (Å²) in [6.07, 6.45) is 9.14. The number of hydrogen-bond acceptors (Lipinski definition) is 5. The molecule has 1 fully saturated rings. The van der Waals surface area contributed by atoms with Crippen molar-refractivity contribution < 1.29 is 0 Å². The smallest absolute Gasteiger partial charge is 0.145 e. The van der Waals surface area contributed by atoms with Crippen molar-refractivity contribution in [3.8, 4) is 0 Å². The Morgan fingerprint density at radius 2 is 1.57 bits per heavy atom. The number of nitrogen functional groups attached to an aromatic ring is 1. The van der Waals surface area contributed by atoms with E-state index in [9.17, 15) is 0 Å². The van der Waals surface area contributed by atoms with Gasteiger partial charge < -0.3 is 10.7 Å². The zero-order valence-electron chi connectivity index (χ0n) is 13.6. The lowest BCUT2D eigenvalue weighted by Gasteiger charge is -2.23. The van der Waals surface area contributed by atoms with Crippen LogP contribution in [-0.2, 0) is 5.41 Å². The molecule has 118 valence electrons. The number of hydrogen-bond donors (Lipinski definition) is 3. The quantitative estimate of drug-likeness (QED) is 0.586. The van der Waals surface area contributed by atoms with Gasteiger partial charge in [0.05, 0.1) is 0 Å². The molecule has 1 aliphatic carbocycles. The van der Waals surface area contributed by atoms with E-state index in [1.807, 2.05) is 6.07 Å². The van der Waals surface area contributed by atoms with Gasteiger partial charge in [0.25, 0.3) is 0 Å². The SMILES string of the molecule is CC(C)(C)c1nc(NN)cc(NC2CCCCCCC2)n1. The Morgan fingerprint density at radius 1 is 1.00 bits per heavy atom. The molecule has 0 spiro atoms. The molecule has 5 heteroatoms. The van der Waals surface area contributed by atoms with Crippen molar-refractivity contribution >= 4 is 11.6 Å². The molecule has 0 aromatic carbocycles. The average Bonchev–Trinajstić information content (AvgIpc) is 2.40. The van der Waals surface area contributed by atoms with E-state index in [2.05, 4.69) is 41.5 Å². The van der Waals surface area contributed by atoms with Crippen molar-refractivity contribution in [2.45, 2.75) is 77.2 Å². The molecule has 0 saturated heterocycles. The molecule has 1 aromatic rings. The van der Waals surface area contributed by atoms with Crippen LogP contribution in [-0.4, -0.2) is 16.0 Å². The molecule has 0 unspecified atom stereocenters. The van der Waals surface area contributed by atoms with E-state index < -0.39 is 0 Å². The molecular weight excluding hydrogens is 262 g/mol. The number of rotatable bonds is 3. The molecule has 2 rings (SSSR count). The van der Waals surface area contributed by atoms with E-state index in [0.29, 0.717) is 11.9 Å². The third-order valence-electron chi connectivity index (χ3n) is 4.00. The second-order valence-corrected chi connectivity index (χ2v) is 7.04. The van der Waals surface area contributed by atoms with Gasteiger partial charge in [0, 0.05) is 17.5 Å². The highest BCUT2D eigenvalue weighted by atomic mass is 15.3. The zero-order chi connectivity index (χ0) is 15.3. The zero-order valence-corrected chi connectivity index (χ0v) is 13.6. The van der Waals surface area contributed by atoms with Crippen LogP contribution in [0.25, 0.3) is 0 Å². The number of nitrogens with one attached hydrogen (secondary N) is 2. The van der Waals surface area contributed by atoms with Crippen LogP contribution >= 0.6 is 0 Å². The summed E-state index contributed by atoms with van der Waals surface area (Å²) in [6, 6.07) is 2.41. The normalized spacial score (nSPS) is 17.9. The molecule has 0 amide bonds. The highest BCUT2D eigenvalue weighted by molar-refractivity contribution is 5.48. The maximum absolute atomic E-state index is 5.54. The Hall–Kier alpha value is -1.36. The third kappa shape index (κ3) is 4.84. The number of nitrogens with two attached hydrogens (primary N) is 1. The first kappa shape index (κ1) is 16.0. The minimum atomic E-state index is -0.0930. The Kier molecular flexibility index (Phi) is 5.39. The highest BCUT2D eigenvalue weighted by Crippen LogP contribution is 2.24. The lowest BCUT2D eigenvalue weighted by molar-refractivity contribution is 0.470. The minimum absolute atomic E-state index is 0.0930. The second-order valence-electron chi connectivity index (χ2n) is 7.04. The fourth-order valence-electron chi connectivity index (χ4n) is 2.74. The summed E-state index contributed by atoms with van der Waals surface area (Å²) < 4.78 is 0. The highest BCUT2D eigenvalue weighted by Gasteiger charge is 2.20. The van der Waals surface area contributed by atoms with Crippen LogP contribution in [0.15, 0.2) is 6.07 Å². The molecule has 1 saturated carbocycles. The molecule has 0 radical (unpaired) electrons. The van der Waals surface area contributed by atoms with E-state index >= 15 is 0 Å². The van der Waals surface area contributed by atoms with Gasteiger partial charge in [-0.2, -0.15) is 0 Å². The van der Waals surface area contributed by atoms with Crippen LogP contribution in [0.5, 0.6) is 0 Å². The third-order valence-corrected chi connectivity index (χ3v) is 4.00. The van der Waals surface area contributed by atoms with E-state index in [0.717, 1.165) is 11.6 Å². The van der Waals surface area contributed by atoms with Crippen LogP contribution in [0.2, 0.25) is 0 Å². The number of anilines is 2. The molecular formula is C16H29N5. The molecule has 1 aromatic heterocycles. The van der Waals surface area contributed by atoms with Gasteiger partial charge >= 0.3 is 0 Å². The van der Waals surface area contributed by atoms with Crippen molar-refractivity contribution in [3.05, 3.63) is 11.9 Å². The van der Waals surface area contributed by atoms with Gasteiger partial charge in [0.1, 0.15) is 17.5 Å². The summed E-state index contributed by atoms with van der Waals surface area (Å²) in [5.74, 6) is 7.91. The predicted octanol–water partition coefficient (Wildman–Crippen LogP) is 3.58. The van der Waals surface area contributed by atoms with Gasteiger partial charge in [-0.1, -0.05) is 52.9 Å². The predicted molar refractivity (Wildman–Crippen MR) is 88.3 cm³/mol. The molecule has 4 N–H and O–H groups in total. The lowest BCUT2D eigenvalue weighted by Crippen LogP contribution is -2.24. The molecule has 0 bridgehead atoms. The van der Waals surface area contributed by atoms with Crippen LogP contribution in [0.1, 0.15) is 71.5 Å². The standard InChI is InChI=1S/C16H29N5/c1-16(2,3)15-19-13(11-14(20-15)21-17)18-12-9-7-5-4-6-8-10-12/h11-12H,4-10,17H2,1-3H3,(H2,18,19,20,21). The van der Waals surface area contributed by atoms with Gasteiger partial charge in [-0.15, -0.1) is 0 Å². The Bertz CT molecular complexity index is 444. The van der Waals surface area contributed by atoms with E-state index in [1.54, 1.807) is 0 Å². The van der Waals surface area contributed by atoms with Crippen molar-refractivity contribution in [2.75, 3.05) is 10.7 Å². The van der Waals surface area contributed by atoms with Gasteiger partial charge in [-0.25, -0.2) is 15.8 Å². The van der Waals surface area contributed by atoms with Crippen LogP contribution in [0.3, 0.4) is 0 Å².